The van der Waals surface area contributed by atoms with Crippen LogP contribution in [0.2, 0.25) is 0 Å². The Morgan fingerprint density at radius 3 is 2.64 bits per heavy atom. The maximum Gasteiger partial charge on any atom is 0.490 e. The first-order chi connectivity index (χ1) is 13.1. The summed E-state index contributed by atoms with van der Waals surface area (Å²) in [5, 5.41) is 12.2. The van der Waals surface area contributed by atoms with Gasteiger partial charge in [-0.05, 0) is 50.6 Å². The molecule has 2 N–H and O–H groups in total. The van der Waals surface area contributed by atoms with Crippen LogP contribution >= 0.6 is 11.3 Å². The number of fused-ring (bicyclic) bond motifs is 1. The molecule has 0 aliphatic carbocycles. The first kappa shape index (κ1) is 22.6. The number of likely N-dealkylation sites (tertiary alicyclic amines) is 1. The van der Waals surface area contributed by atoms with Crippen LogP contribution in [0.5, 0.6) is 0 Å². The lowest BCUT2D eigenvalue weighted by atomic mass is 9.91. The Morgan fingerprint density at radius 1 is 1.43 bits per heavy atom. The van der Waals surface area contributed by atoms with Gasteiger partial charge in [0.25, 0.3) is 0 Å². The summed E-state index contributed by atoms with van der Waals surface area (Å²) >= 11 is 1.81. The number of halogens is 3. The number of amides is 1. The predicted molar refractivity (Wildman–Crippen MR) is 98.0 cm³/mol. The lowest BCUT2D eigenvalue weighted by Crippen LogP contribution is -2.42. The molecule has 10 heteroatoms. The molecule has 0 aromatic carbocycles. The number of carbonyl (C=O) groups excluding carboxylic acids is 1. The molecular weight excluding hydrogens is 397 g/mol. The molecule has 2 aliphatic heterocycles. The fraction of sp³-hybridized carbons (Fsp3) is 0.667. The minimum Gasteiger partial charge on any atom is -0.475 e. The number of hydrogen-bond donors (Lipinski definition) is 2. The minimum atomic E-state index is -5.08. The van der Waals surface area contributed by atoms with Crippen molar-refractivity contribution in [3.05, 3.63) is 22.4 Å². The van der Waals surface area contributed by atoms with Crippen molar-refractivity contribution < 1.29 is 32.6 Å². The van der Waals surface area contributed by atoms with Crippen LogP contribution in [0.15, 0.2) is 17.5 Å². The number of alkyl halides is 3. The highest BCUT2D eigenvalue weighted by Crippen LogP contribution is 2.34. The monoisotopic (exact) mass is 422 g/mol. The van der Waals surface area contributed by atoms with Crippen molar-refractivity contribution in [3.8, 4) is 0 Å². The van der Waals surface area contributed by atoms with Crippen LogP contribution in [-0.4, -0.2) is 59.4 Å². The van der Waals surface area contributed by atoms with Crippen molar-refractivity contribution in [2.45, 2.75) is 57.7 Å². The van der Waals surface area contributed by atoms with Gasteiger partial charge >= 0.3 is 12.1 Å². The number of thiophene rings is 1. The molecule has 1 aromatic rings. The van der Waals surface area contributed by atoms with E-state index in [1.807, 2.05) is 25.2 Å². The SMILES string of the molecule is CC(C)NC(=O)[C@@H]1C[C@@H]2CCN(Cc3cccs3)C[C@H]2O1.O=C(O)C(F)(F)F. The quantitative estimate of drug-likeness (QED) is 0.780. The van der Waals surface area contributed by atoms with E-state index in [0.29, 0.717) is 5.92 Å². The number of piperidine rings is 1. The molecule has 0 bridgehead atoms. The third kappa shape index (κ3) is 6.75. The Morgan fingerprint density at radius 2 is 2.11 bits per heavy atom. The molecule has 28 heavy (non-hydrogen) atoms. The van der Waals surface area contributed by atoms with Gasteiger partial charge in [0.2, 0.25) is 5.91 Å². The van der Waals surface area contributed by atoms with E-state index in [1.54, 1.807) is 0 Å². The second-order valence-corrected chi connectivity index (χ2v) is 8.26. The maximum atomic E-state index is 12.1. The summed E-state index contributed by atoms with van der Waals surface area (Å²) in [7, 11) is 0. The number of carbonyl (C=O) groups is 2. The summed E-state index contributed by atoms with van der Waals surface area (Å²) in [5.41, 5.74) is 0. The van der Waals surface area contributed by atoms with Gasteiger partial charge in [-0.25, -0.2) is 4.79 Å². The van der Waals surface area contributed by atoms with Gasteiger partial charge in [0, 0.05) is 24.0 Å². The van der Waals surface area contributed by atoms with Crippen molar-refractivity contribution in [3.63, 3.8) is 0 Å². The van der Waals surface area contributed by atoms with Crippen LogP contribution in [0, 0.1) is 5.92 Å². The van der Waals surface area contributed by atoms with Gasteiger partial charge in [-0.3, -0.25) is 9.69 Å². The third-order valence-corrected chi connectivity index (χ3v) is 5.42. The highest BCUT2D eigenvalue weighted by Gasteiger charge is 2.41. The largest absolute Gasteiger partial charge is 0.490 e. The van der Waals surface area contributed by atoms with Crippen LogP contribution in [0.3, 0.4) is 0 Å². The van der Waals surface area contributed by atoms with Gasteiger partial charge < -0.3 is 15.2 Å². The van der Waals surface area contributed by atoms with Crippen LogP contribution in [0.4, 0.5) is 13.2 Å². The molecule has 0 saturated carbocycles. The number of aliphatic carboxylic acids is 1. The molecule has 1 amide bonds. The van der Waals surface area contributed by atoms with Crippen LogP contribution < -0.4 is 5.32 Å². The van der Waals surface area contributed by atoms with E-state index in [9.17, 15) is 18.0 Å². The normalized spacial score (nSPS) is 25.0. The molecule has 0 unspecified atom stereocenters. The number of nitrogens with zero attached hydrogens (tertiary/aromatic N) is 1. The Bertz CT molecular complexity index is 652. The van der Waals surface area contributed by atoms with E-state index in [-0.39, 0.29) is 24.2 Å². The van der Waals surface area contributed by atoms with Crippen molar-refractivity contribution in [1.29, 1.82) is 0 Å². The van der Waals surface area contributed by atoms with Gasteiger partial charge in [0.1, 0.15) is 6.10 Å². The van der Waals surface area contributed by atoms with E-state index in [2.05, 4.69) is 27.7 Å². The lowest BCUT2D eigenvalue weighted by molar-refractivity contribution is -0.192. The fourth-order valence-electron chi connectivity index (χ4n) is 3.31. The zero-order chi connectivity index (χ0) is 20.9. The molecule has 3 heterocycles. The molecular formula is C18H25F3N2O4S. The second kappa shape index (κ2) is 9.71. The van der Waals surface area contributed by atoms with Crippen molar-refractivity contribution in [2.24, 2.45) is 5.92 Å². The van der Waals surface area contributed by atoms with E-state index in [1.165, 1.54) is 4.88 Å². The predicted octanol–water partition coefficient (Wildman–Crippen LogP) is 2.89. The summed E-state index contributed by atoms with van der Waals surface area (Å²) in [6.45, 7) is 7.05. The van der Waals surface area contributed by atoms with Gasteiger partial charge in [-0.15, -0.1) is 11.3 Å². The Labute approximate surface area is 165 Å². The first-order valence-corrected chi connectivity index (χ1v) is 9.95. The zero-order valence-corrected chi connectivity index (χ0v) is 16.6. The Hall–Kier alpha value is -1.65. The first-order valence-electron chi connectivity index (χ1n) is 9.07. The van der Waals surface area contributed by atoms with Gasteiger partial charge in [0.05, 0.1) is 6.10 Å². The number of nitrogens with one attached hydrogen (secondary N) is 1. The number of ether oxygens (including phenoxy) is 1. The topological polar surface area (TPSA) is 78.9 Å². The Kier molecular flexibility index (Phi) is 7.85. The molecule has 158 valence electrons. The van der Waals surface area contributed by atoms with Gasteiger partial charge in [-0.1, -0.05) is 6.07 Å². The molecule has 2 fully saturated rings. The van der Waals surface area contributed by atoms with Crippen LogP contribution in [0.25, 0.3) is 0 Å². The van der Waals surface area contributed by atoms with Crippen LogP contribution in [-0.2, 0) is 20.9 Å². The zero-order valence-electron chi connectivity index (χ0n) is 15.7. The third-order valence-electron chi connectivity index (χ3n) is 4.56. The highest BCUT2D eigenvalue weighted by atomic mass is 32.1. The number of hydrogen-bond acceptors (Lipinski definition) is 5. The molecule has 3 rings (SSSR count). The van der Waals surface area contributed by atoms with Crippen molar-refractivity contribution in [1.82, 2.24) is 10.2 Å². The molecule has 3 atom stereocenters. The summed E-state index contributed by atoms with van der Waals surface area (Å²) in [5.74, 6) is -2.15. The number of carboxylic acids is 1. The van der Waals surface area contributed by atoms with Gasteiger partial charge in [0.15, 0.2) is 0 Å². The fourth-order valence-corrected chi connectivity index (χ4v) is 4.05. The molecule has 0 spiro atoms. The highest BCUT2D eigenvalue weighted by molar-refractivity contribution is 7.09. The summed E-state index contributed by atoms with van der Waals surface area (Å²) in [4.78, 5) is 24.8. The molecule has 0 radical (unpaired) electrons. The number of rotatable bonds is 4. The standard InChI is InChI=1S/C16H24N2O2S.C2HF3O2/c1-11(2)17-16(19)14-8-12-5-6-18(10-15(12)20-14)9-13-4-3-7-21-13;3-2(4,5)1(6)7/h3-4,7,11-12,14-15H,5-6,8-10H2,1-2H3,(H,17,19);(H,6,7)/t12-,14-,15+;/m0./s1. The second-order valence-electron chi connectivity index (χ2n) is 7.23. The summed E-state index contributed by atoms with van der Waals surface area (Å²) in [6.07, 6.45) is -3.08. The molecule has 2 saturated heterocycles. The van der Waals surface area contributed by atoms with E-state index in [0.717, 1.165) is 32.5 Å². The smallest absolute Gasteiger partial charge is 0.475 e. The average molecular weight is 422 g/mol. The lowest BCUT2D eigenvalue weighted by Gasteiger charge is -2.33. The van der Waals surface area contributed by atoms with Gasteiger partial charge in [-0.2, -0.15) is 13.2 Å². The van der Waals surface area contributed by atoms with Crippen molar-refractivity contribution >= 4 is 23.2 Å². The summed E-state index contributed by atoms with van der Waals surface area (Å²) in [6, 6.07) is 4.47. The van der Waals surface area contributed by atoms with E-state index in [4.69, 9.17) is 14.6 Å². The maximum absolute atomic E-state index is 12.1. The molecule has 6 nitrogen and oxygen atoms in total. The minimum absolute atomic E-state index is 0.0595. The van der Waals surface area contributed by atoms with E-state index >= 15 is 0 Å². The van der Waals surface area contributed by atoms with Crippen LogP contribution in [0.1, 0.15) is 31.6 Å². The average Bonchev–Trinajstić information content (AvgIpc) is 3.22. The summed E-state index contributed by atoms with van der Waals surface area (Å²) < 4.78 is 37.8. The molecule has 2 aliphatic rings. The van der Waals surface area contributed by atoms with E-state index < -0.39 is 12.1 Å². The van der Waals surface area contributed by atoms with Crippen molar-refractivity contribution in [2.75, 3.05) is 13.1 Å². The Balaban J connectivity index is 0.000000345. The number of carboxylic acid groups (broad SMARTS) is 1. The molecule has 1 aromatic heterocycles.